The predicted octanol–water partition coefficient (Wildman–Crippen LogP) is 1.61. The van der Waals surface area contributed by atoms with Gasteiger partial charge in [0.2, 0.25) is 0 Å². The van der Waals surface area contributed by atoms with Crippen LogP contribution in [-0.2, 0) is 6.54 Å². The molecule has 0 bridgehead atoms. The number of aromatic nitrogens is 2. The van der Waals surface area contributed by atoms with Crippen molar-refractivity contribution in [3.8, 4) is 0 Å². The maximum absolute atomic E-state index is 12.6. The van der Waals surface area contributed by atoms with Gasteiger partial charge >= 0.3 is 0 Å². The van der Waals surface area contributed by atoms with Gasteiger partial charge in [-0.2, -0.15) is 0 Å². The normalized spacial score (nSPS) is 20.2. The van der Waals surface area contributed by atoms with Crippen molar-refractivity contribution in [1.82, 2.24) is 9.55 Å². The summed E-state index contributed by atoms with van der Waals surface area (Å²) in [6, 6.07) is 0.243. The first kappa shape index (κ1) is 15.0. The molecule has 1 fully saturated rings. The number of anilines is 1. The molecule has 1 aliphatic heterocycles. The highest BCUT2D eigenvalue weighted by Gasteiger charge is 2.23. The van der Waals surface area contributed by atoms with Crippen molar-refractivity contribution in [1.29, 1.82) is 0 Å². The molecule has 1 atom stereocenters. The van der Waals surface area contributed by atoms with Crippen LogP contribution in [0.2, 0.25) is 0 Å². The molecule has 2 rings (SSSR count). The molecule has 2 N–H and O–H groups in total. The Kier molecular flexibility index (Phi) is 5.17. The molecule has 0 saturated carbocycles. The molecule has 5 heteroatoms. The Balaban J connectivity index is 2.32. The number of nitrogens with zero attached hydrogens (tertiary/aromatic N) is 3. The Bertz CT molecular complexity index is 483. The molecule has 112 valence electrons. The van der Waals surface area contributed by atoms with Crippen LogP contribution in [0.1, 0.15) is 39.5 Å². The Morgan fingerprint density at radius 2 is 2.20 bits per heavy atom. The van der Waals surface area contributed by atoms with E-state index >= 15 is 0 Å². The summed E-state index contributed by atoms with van der Waals surface area (Å²) in [6.07, 6.45) is 8.07. The summed E-state index contributed by atoms with van der Waals surface area (Å²) in [7, 11) is 0. The van der Waals surface area contributed by atoms with Gasteiger partial charge in [-0.25, -0.2) is 4.98 Å². The summed E-state index contributed by atoms with van der Waals surface area (Å²) < 4.78 is 1.77. The van der Waals surface area contributed by atoms with Crippen molar-refractivity contribution in [3.63, 3.8) is 0 Å². The Morgan fingerprint density at radius 3 is 2.90 bits per heavy atom. The zero-order valence-electron chi connectivity index (χ0n) is 12.6. The summed E-state index contributed by atoms with van der Waals surface area (Å²) >= 11 is 0. The number of hydrogen-bond acceptors (Lipinski definition) is 4. The second-order valence-electron chi connectivity index (χ2n) is 6.03. The van der Waals surface area contributed by atoms with Crippen LogP contribution in [0.4, 0.5) is 5.82 Å². The first-order valence-electron chi connectivity index (χ1n) is 7.65. The minimum absolute atomic E-state index is 0.0153. The minimum atomic E-state index is 0.0153. The van der Waals surface area contributed by atoms with Crippen LogP contribution in [0.15, 0.2) is 17.2 Å². The maximum Gasteiger partial charge on any atom is 0.293 e. The second-order valence-corrected chi connectivity index (χ2v) is 6.03. The SMILES string of the molecule is CC(C)Cn1ccnc(N2CCCCCC2CN)c1=O. The van der Waals surface area contributed by atoms with Gasteiger partial charge in [-0.15, -0.1) is 0 Å². The maximum atomic E-state index is 12.6. The first-order chi connectivity index (χ1) is 9.63. The van der Waals surface area contributed by atoms with Gasteiger partial charge in [0.1, 0.15) is 0 Å². The molecular formula is C15H26N4O. The smallest absolute Gasteiger partial charge is 0.293 e. The molecule has 1 aliphatic rings. The molecular weight excluding hydrogens is 252 g/mol. The Labute approximate surface area is 120 Å². The van der Waals surface area contributed by atoms with Crippen molar-refractivity contribution < 1.29 is 0 Å². The van der Waals surface area contributed by atoms with E-state index in [4.69, 9.17) is 5.73 Å². The lowest BCUT2D eigenvalue weighted by Crippen LogP contribution is -2.44. The fourth-order valence-corrected chi connectivity index (χ4v) is 2.87. The molecule has 0 radical (unpaired) electrons. The molecule has 2 heterocycles. The summed E-state index contributed by atoms with van der Waals surface area (Å²) in [5, 5.41) is 0. The van der Waals surface area contributed by atoms with Gasteiger partial charge in [0.25, 0.3) is 5.56 Å². The van der Waals surface area contributed by atoms with Gasteiger partial charge < -0.3 is 15.2 Å². The topological polar surface area (TPSA) is 64.2 Å². The highest BCUT2D eigenvalue weighted by atomic mass is 16.1. The van der Waals surface area contributed by atoms with E-state index in [1.807, 2.05) is 0 Å². The second kappa shape index (κ2) is 6.88. The van der Waals surface area contributed by atoms with E-state index in [0.29, 0.717) is 18.3 Å². The van der Waals surface area contributed by atoms with E-state index in [2.05, 4.69) is 23.7 Å². The molecule has 20 heavy (non-hydrogen) atoms. The van der Waals surface area contributed by atoms with Gasteiger partial charge in [0, 0.05) is 38.1 Å². The molecule has 1 saturated heterocycles. The molecule has 5 nitrogen and oxygen atoms in total. The third-order valence-corrected chi connectivity index (χ3v) is 3.88. The standard InChI is InChI=1S/C15H26N4O/c1-12(2)11-18-9-7-17-14(15(18)20)19-8-5-3-4-6-13(19)10-16/h7,9,12-13H,3-6,8,10-11,16H2,1-2H3. The van der Waals surface area contributed by atoms with Crippen LogP contribution in [0.3, 0.4) is 0 Å². The molecule has 0 aliphatic carbocycles. The van der Waals surface area contributed by atoms with Crippen LogP contribution in [0, 0.1) is 5.92 Å². The van der Waals surface area contributed by atoms with Gasteiger partial charge in [-0.05, 0) is 18.8 Å². The summed E-state index contributed by atoms with van der Waals surface area (Å²) in [5.41, 5.74) is 5.91. The third kappa shape index (κ3) is 3.39. The molecule has 0 aromatic carbocycles. The number of nitrogens with two attached hydrogens (primary N) is 1. The van der Waals surface area contributed by atoms with Gasteiger partial charge in [0.05, 0.1) is 0 Å². The van der Waals surface area contributed by atoms with Crippen molar-refractivity contribution >= 4 is 5.82 Å². The Hall–Kier alpha value is -1.36. The van der Waals surface area contributed by atoms with Crippen LogP contribution in [0.5, 0.6) is 0 Å². The molecule has 1 aromatic rings. The average Bonchev–Trinajstić information content (AvgIpc) is 2.65. The monoisotopic (exact) mass is 278 g/mol. The molecule has 0 amide bonds. The molecule has 1 aromatic heterocycles. The van der Waals surface area contributed by atoms with Crippen molar-refractivity contribution in [2.24, 2.45) is 11.7 Å². The summed E-state index contributed by atoms with van der Waals surface area (Å²) in [6.45, 7) is 6.42. The van der Waals surface area contributed by atoms with Crippen LogP contribution in [0.25, 0.3) is 0 Å². The highest BCUT2D eigenvalue weighted by molar-refractivity contribution is 5.37. The van der Waals surface area contributed by atoms with Crippen molar-refractivity contribution in [3.05, 3.63) is 22.7 Å². The van der Waals surface area contributed by atoms with Crippen LogP contribution >= 0.6 is 0 Å². The lowest BCUT2D eigenvalue weighted by Gasteiger charge is -2.29. The fourth-order valence-electron chi connectivity index (χ4n) is 2.87. The van der Waals surface area contributed by atoms with Crippen LogP contribution < -0.4 is 16.2 Å². The van der Waals surface area contributed by atoms with E-state index in [1.165, 1.54) is 12.8 Å². The van der Waals surface area contributed by atoms with Crippen LogP contribution in [-0.4, -0.2) is 28.7 Å². The van der Waals surface area contributed by atoms with E-state index in [1.54, 1.807) is 17.0 Å². The van der Waals surface area contributed by atoms with E-state index in [-0.39, 0.29) is 11.6 Å². The number of rotatable bonds is 4. The molecule has 1 unspecified atom stereocenters. The van der Waals surface area contributed by atoms with E-state index in [0.717, 1.165) is 25.9 Å². The van der Waals surface area contributed by atoms with Gasteiger partial charge in [-0.3, -0.25) is 4.79 Å². The zero-order chi connectivity index (χ0) is 14.5. The first-order valence-corrected chi connectivity index (χ1v) is 7.65. The van der Waals surface area contributed by atoms with Crippen molar-refractivity contribution in [2.75, 3.05) is 18.0 Å². The fraction of sp³-hybridized carbons (Fsp3) is 0.733. The summed E-state index contributed by atoms with van der Waals surface area (Å²) in [4.78, 5) is 19.1. The Morgan fingerprint density at radius 1 is 1.40 bits per heavy atom. The van der Waals surface area contributed by atoms with E-state index in [9.17, 15) is 4.79 Å². The predicted molar refractivity (Wildman–Crippen MR) is 82.0 cm³/mol. The average molecular weight is 278 g/mol. The highest BCUT2D eigenvalue weighted by Crippen LogP contribution is 2.19. The number of hydrogen-bond donors (Lipinski definition) is 1. The van der Waals surface area contributed by atoms with Crippen molar-refractivity contribution in [2.45, 2.75) is 52.1 Å². The van der Waals surface area contributed by atoms with E-state index < -0.39 is 0 Å². The lowest BCUT2D eigenvalue weighted by atomic mass is 10.1. The lowest BCUT2D eigenvalue weighted by molar-refractivity contribution is 0.504. The summed E-state index contributed by atoms with van der Waals surface area (Å²) in [5.74, 6) is 1.02. The minimum Gasteiger partial charge on any atom is -0.348 e. The largest absolute Gasteiger partial charge is 0.348 e. The van der Waals surface area contributed by atoms with Gasteiger partial charge in [-0.1, -0.05) is 26.7 Å². The quantitative estimate of drug-likeness (QED) is 0.908. The zero-order valence-corrected chi connectivity index (χ0v) is 12.6. The third-order valence-electron chi connectivity index (χ3n) is 3.88. The van der Waals surface area contributed by atoms with Gasteiger partial charge in [0.15, 0.2) is 5.82 Å². The molecule has 0 spiro atoms.